The predicted molar refractivity (Wildman–Crippen MR) is 159 cm³/mol. The van der Waals surface area contributed by atoms with Crippen molar-refractivity contribution in [3.8, 4) is 10.4 Å². The fourth-order valence-electron chi connectivity index (χ4n) is 4.18. The number of carbonyl (C=O) groups excluding carboxylic acids is 2. The second-order valence-corrected chi connectivity index (χ2v) is 10.2. The van der Waals surface area contributed by atoms with Crippen LogP contribution in [-0.2, 0) is 16.1 Å². The van der Waals surface area contributed by atoms with Crippen LogP contribution in [0.15, 0.2) is 69.9 Å². The van der Waals surface area contributed by atoms with Crippen molar-refractivity contribution in [1.29, 1.82) is 0 Å². The van der Waals surface area contributed by atoms with Crippen molar-refractivity contribution >= 4 is 46.5 Å². The molecule has 0 bridgehead atoms. The first kappa shape index (κ1) is 32.0. The molecule has 2 amide bonds. The van der Waals surface area contributed by atoms with Gasteiger partial charge in [0.1, 0.15) is 16.7 Å². The number of carbonyl (C=O) groups is 2. The van der Waals surface area contributed by atoms with Crippen LogP contribution in [0.5, 0.6) is 0 Å². The number of rotatable bonds is 11. The minimum absolute atomic E-state index is 0.0290. The number of nitrogens with one attached hydrogen (secondary N) is 1. The van der Waals surface area contributed by atoms with Crippen LogP contribution in [0.4, 0.5) is 19.5 Å². The van der Waals surface area contributed by atoms with Crippen molar-refractivity contribution in [2.45, 2.75) is 19.4 Å². The summed E-state index contributed by atoms with van der Waals surface area (Å²) in [4.78, 5) is 41.3. The van der Waals surface area contributed by atoms with Crippen LogP contribution in [0.3, 0.4) is 0 Å². The van der Waals surface area contributed by atoms with Crippen molar-refractivity contribution in [3.05, 3.63) is 81.0 Å². The third kappa shape index (κ3) is 7.39. The minimum atomic E-state index is -0.794. The van der Waals surface area contributed by atoms with Crippen molar-refractivity contribution in [3.63, 3.8) is 0 Å². The molecule has 14 heteroatoms. The quantitative estimate of drug-likeness (QED) is 0.125. The lowest BCUT2D eigenvalue weighted by atomic mass is 10.0. The summed E-state index contributed by atoms with van der Waals surface area (Å²) in [5, 5.41) is 21.0. The van der Waals surface area contributed by atoms with Crippen molar-refractivity contribution in [2.75, 3.05) is 39.7 Å². The number of nitro benzene ring substituents is 1. The molecule has 0 unspecified atom stereocenters. The summed E-state index contributed by atoms with van der Waals surface area (Å²) in [6, 6.07) is 5.76. The number of benzene rings is 1. The third-order valence-corrected chi connectivity index (χ3v) is 7.44. The summed E-state index contributed by atoms with van der Waals surface area (Å²) >= 11 is 1.05. The summed E-state index contributed by atoms with van der Waals surface area (Å²) in [7, 11) is 6.32. The molecule has 1 N–H and O–H groups in total. The highest BCUT2D eigenvalue weighted by Gasteiger charge is 2.32. The van der Waals surface area contributed by atoms with Gasteiger partial charge >= 0.3 is 0 Å². The first-order chi connectivity index (χ1) is 20.0. The number of amides is 2. The van der Waals surface area contributed by atoms with E-state index < -0.39 is 34.9 Å². The van der Waals surface area contributed by atoms with Crippen LogP contribution in [-0.4, -0.2) is 69.1 Å². The van der Waals surface area contributed by atoms with E-state index in [0.717, 1.165) is 22.3 Å². The lowest BCUT2D eigenvalue weighted by Crippen LogP contribution is -2.34. The van der Waals surface area contributed by atoms with Crippen LogP contribution in [0.1, 0.15) is 28.8 Å². The Labute approximate surface area is 245 Å². The van der Waals surface area contributed by atoms with Gasteiger partial charge in [0.2, 0.25) is 5.90 Å². The van der Waals surface area contributed by atoms with Crippen molar-refractivity contribution in [2.24, 2.45) is 10.2 Å². The highest BCUT2D eigenvalue weighted by atomic mass is 32.1. The van der Waals surface area contributed by atoms with Gasteiger partial charge in [0.25, 0.3) is 17.5 Å². The number of halogens is 2. The van der Waals surface area contributed by atoms with E-state index in [-0.39, 0.29) is 47.1 Å². The zero-order valence-corrected chi connectivity index (χ0v) is 24.3. The summed E-state index contributed by atoms with van der Waals surface area (Å²) in [5.41, 5.74) is 0.783. The van der Waals surface area contributed by atoms with E-state index in [1.807, 2.05) is 4.90 Å². The molecule has 0 saturated heterocycles. The molecule has 222 valence electrons. The summed E-state index contributed by atoms with van der Waals surface area (Å²) in [5.74, 6) is -2.80. The Morgan fingerprint density at radius 2 is 1.90 bits per heavy atom. The molecule has 0 saturated carbocycles. The number of allylic oxidation sites excluding steroid dienone is 2. The molecular weight excluding hydrogens is 570 g/mol. The smallest absolute Gasteiger partial charge is 0.269 e. The van der Waals surface area contributed by atoms with E-state index in [0.29, 0.717) is 16.0 Å². The van der Waals surface area contributed by atoms with Gasteiger partial charge in [-0.25, -0.2) is 8.78 Å². The molecule has 2 aromatic rings. The van der Waals surface area contributed by atoms with Gasteiger partial charge in [-0.15, -0.1) is 16.4 Å². The zero-order valence-electron chi connectivity index (χ0n) is 23.5. The first-order valence-electron chi connectivity index (χ1n) is 12.6. The number of anilines is 1. The molecule has 0 aliphatic heterocycles. The molecule has 0 atom stereocenters. The number of methoxy groups -OCH3 is 1. The van der Waals surface area contributed by atoms with Crippen LogP contribution < -0.4 is 10.2 Å². The molecule has 1 aliphatic carbocycles. The Kier molecular flexibility index (Phi) is 10.9. The third-order valence-electron chi connectivity index (χ3n) is 6.13. The molecule has 1 heterocycles. The molecule has 11 nitrogen and oxygen atoms in total. The number of hydrogen-bond acceptors (Lipinski definition) is 9. The molecule has 1 aromatic heterocycles. The van der Waals surface area contributed by atoms with E-state index in [9.17, 15) is 28.5 Å². The monoisotopic (exact) mass is 600 g/mol. The van der Waals surface area contributed by atoms with Gasteiger partial charge in [-0.05, 0) is 49.9 Å². The molecule has 0 radical (unpaired) electrons. The second kappa shape index (κ2) is 14.4. The van der Waals surface area contributed by atoms with Crippen molar-refractivity contribution in [1.82, 2.24) is 10.2 Å². The van der Waals surface area contributed by atoms with Gasteiger partial charge < -0.3 is 15.0 Å². The number of nitrogens with zero attached hydrogens (tertiary/aromatic N) is 5. The maximum absolute atomic E-state index is 14.9. The van der Waals surface area contributed by atoms with Gasteiger partial charge in [0.05, 0.1) is 24.1 Å². The molecule has 1 aromatic carbocycles. The molecule has 3 rings (SSSR count). The first-order valence-corrected chi connectivity index (χ1v) is 13.4. The van der Waals surface area contributed by atoms with E-state index in [1.54, 1.807) is 26.2 Å². The fraction of sp³-hybridized carbons (Fsp3) is 0.286. The Balaban J connectivity index is 2.30. The van der Waals surface area contributed by atoms with Crippen LogP contribution >= 0.6 is 11.3 Å². The predicted octanol–water partition coefficient (Wildman–Crippen LogP) is 5.17. The van der Waals surface area contributed by atoms with E-state index in [1.165, 1.54) is 38.4 Å². The molecular formula is C28H30F2N6O5S. The molecule has 0 fully saturated rings. The Morgan fingerprint density at radius 3 is 2.45 bits per heavy atom. The topological polar surface area (TPSA) is 130 Å². The minimum Gasteiger partial charge on any atom is -0.480 e. The van der Waals surface area contributed by atoms with Crippen LogP contribution in [0, 0.1) is 10.1 Å². The lowest BCUT2D eigenvalue weighted by Gasteiger charge is -2.24. The molecule has 1 aliphatic rings. The Bertz CT molecular complexity index is 1490. The van der Waals surface area contributed by atoms with Gasteiger partial charge in [0, 0.05) is 61.5 Å². The Hall–Kier alpha value is -4.56. The number of nitro groups is 1. The average molecular weight is 601 g/mol. The zero-order chi connectivity index (χ0) is 31.0. The van der Waals surface area contributed by atoms with Crippen molar-refractivity contribution < 1.29 is 28.0 Å². The van der Waals surface area contributed by atoms with E-state index in [2.05, 4.69) is 22.2 Å². The normalized spacial score (nSPS) is 13.8. The SMILES string of the molecule is C=N/N=C(\C=C/C(=O)N(CC1=C(F)CCC=C1F)c1sc(-c2ccc([N+](=O)[O-])cc2)c(CN(C)C)c1C(=O)NC)OC. The largest absolute Gasteiger partial charge is 0.480 e. The average Bonchev–Trinajstić information content (AvgIpc) is 3.32. The highest BCUT2D eigenvalue weighted by Crippen LogP contribution is 2.44. The molecule has 42 heavy (non-hydrogen) atoms. The Morgan fingerprint density at radius 1 is 1.21 bits per heavy atom. The van der Waals surface area contributed by atoms with E-state index >= 15 is 0 Å². The lowest BCUT2D eigenvalue weighted by molar-refractivity contribution is -0.384. The highest BCUT2D eigenvalue weighted by molar-refractivity contribution is 7.20. The summed E-state index contributed by atoms with van der Waals surface area (Å²) < 4.78 is 34.8. The maximum Gasteiger partial charge on any atom is 0.269 e. The fourth-order valence-corrected chi connectivity index (χ4v) is 5.50. The number of non-ortho nitro benzene ring substituents is 1. The van der Waals surface area contributed by atoms with Gasteiger partial charge in [-0.3, -0.25) is 24.6 Å². The summed E-state index contributed by atoms with van der Waals surface area (Å²) in [6.45, 7) is 2.98. The number of hydrogen-bond donors (Lipinski definition) is 1. The number of thiophene rings is 1. The standard InChI is InChI=1S/C28H30F2N6O5S/c1-31-27(38)25-20(15-34(3)4)26(17-9-11-18(12-10-17)36(39)40)42-28(25)35(16-19-21(29)7-6-8-22(19)30)24(37)14-13-23(41-5)33-32-2/h7,9-14H,2,6,8,15-16H2,1,3-5H3,(H,31,38)/b14-13-,33-23+. The second-order valence-electron chi connectivity index (χ2n) is 9.23. The van der Waals surface area contributed by atoms with Crippen LogP contribution in [0.2, 0.25) is 0 Å². The maximum atomic E-state index is 14.9. The summed E-state index contributed by atoms with van der Waals surface area (Å²) in [6.07, 6.45) is 3.69. The van der Waals surface area contributed by atoms with E-state index in [4.69, 9.17) is 4.74 Å². The van der Waals surface area contributed by atoms with Crippen LogP contribution in [0.25, 0.3) is 10.4 Å². The van der Waals surface area contributed by atoms with Gasteiger partial charge in [-0.1, -0.05) is 0 Å². The van der Waals surface area contributed by atoms with Gasteiger partial charge in [0.15, 0.2) is 0 Å². The number of ether oxygens (including phenoxy) is 1. The van der Waals surface area contributed by atoms with Gasteiger partial charge in [-0.2, -0.15) is 5.10 Å². The molecule has 0 spiro atoms.